The summed E-state index contributed by atoms with van der Waals surface area (Å²) in [5.41, 5.74) is 2.86. The van der Waals surface area contributed by atoms with Crippen molar-refractivity contribution in [1.29, 1.82) is 0 Å². The molecule has 2 saturated carbocycles. The van der Waals surface area contributed by atoms with Crippen molar-refractivity contribution in [3.05, 3.63) is 53.6 Å². The molecule has 3 fully saturated rings. The number of carbonyl (C=O) groups is 1. The van der Waals surface area contributed by atoms with E-state index in [4.69, 9.17) is 0 Å². The molecule has 0 radical (unpaired) electrons. The highest BCUT2D eigenvalue weighted by molar-refractivity contribution is 7.92. The van der Waals surface area contributed by atoms with Gasteiger partial charge >= 0.3 is 0 Å². The lowest BCUT2D eigenvalue weighted by Crippen LogP contribution is -2.40. The van der Waals surface area contributed by atoms with Crippen molar-refractivity contribution in [2.24, 2.45) is 5.41 Å². The average molecular weight is 544 g/mol. The molecule has 1 saturated heterocycles. The second-order valence-corrected chi connectivity index (χ2v) is 15.1. The van der Waals surface area contributed by atoms with Crippen LogP contribution in [-0.2, 0) is 25.5 Å². The van der Waals surface area contributed by atoms with Gasteiger partial charge in [0, 0.05) is 42.0 Å². The maximum Gasteiger partial charge on any atom is 0.258 e. The summed E-state index contributed by atoms with van der Waals surface area (Å²) in [5, 5.41) is 0. The Bertz CT molecular complexity index is 1470. The van der Waals surface area contributed by atoms with Gasteiger partial charge in [-0.15, -0.1) is 0 Å². The number of carbonyl (C=O) groups excluding carboxylic acids is 1. The summed E-state index contributed by atoms with van der Waals surface area (Å²) in [6.07, 6.45) is 9.50. The Labute approximate surface area is 219 Å². The molecule has 2 aliphatic carbocycles. The van der Waals surface area contributed by atoms with Gasteiger partial charge in [0.2, 0.25) is 20.0 Å². The SMILES string of the molecule is CS(=O)(=O)Nc1ccc2c(c1)C1(CCC3(CC3)CC1)CN2C(=O)c1cccc(S(=O)(=O)N2CCCC2)c1. The van der Waals surface area contributed by atoms with Crippen molar-refractivity contribution in [3.63, 3.8) is 0 Å². The molecule has 0 bridgehead atoms. The van der Waals surface area contributed by atoms with E-state index in [1.807, 2.05) is 12.1 Å². The molecule has 6 rings (SSSR count). The van der Waals surface area contributed by atoms with Crippen LogP contribution in [0, 0.1) is 5.41 Å². The first-order valence-corrected chi connectivity index (χ1v) is 16.4. The van der Waals surface area contributed by atoms with Gasteiger partial charge in [0.1, 0.15) is 0 Å². The van der Waals surface area contributed by atoms with E-state index in [-0.39, 0.29) is 16.2 Å². The number of fused-ring (bicyclic) bond motifs is 2. The molecule has 1 amide bonds. The van der Waals surface area contributed by atoms with Crippen LogP contribution in [0.4, 0.5) is 11.4 Å². The highest BCUT2D eigenvalue weighted by atomic mass is 32.2. The van der Waals surface area contributed by atoms with Crippen molar-refractivity contribution >= 4 is 37.3 Å². The molecule has 8 nitrogen and oxygen atoms in total. The van der Waals surface area contributed by atoms with Crippen molar-refractivity contribution in [2.45, 2.75) is 61.7 Å². The number of anilines is 2. The Morgan fingerprint density at radius 2 is 1.57 bits per heavy atom. The second-order valence-electron chi connectivity index (χ2n) is 11.4. The molecule has 0 unspecified atom stereocenters. The van der Waals surface area contributed by atoms with Gasteiger partial charge in [0.05, 0.1) is 11.2 Å². The summed E-state index contributed by atoms with van der Waals surface area (Å²) >= 11 is 0. The Morgan fingerprint density at radius 1 is 0.892 bits per heavy atom. The van der Waals surface area contributed by atoms with Crippen molar-refractivity contribution in [2.75, 3.05) is 35.5 Å². The van der Waals surface area contributed by atoms with Crippen LogP contribution >= 0.6 is 0 Å². The molecule has 37 heavy (non-hydrogen) atoms. The first kappa shape index (κ1) is 24.9. The molecule has 4 aliphatic rings. The third-order valence-corrected chi connectivity index (χ3v) is 11.4. The van der Waals surface area contributed by atoms with Gasteiger partial charge in [-0.3, -0.25) is 9.52 Å². The first-order valence-electron chi connectivity index (χ1n) is 13.1. The number of hydrogen-bond donors (Lipinski definition) is 1. The monoisotopic (exact) mass is 543 g/mol. The number of hydrogen-bond acceptors (Lipinski definition) is 5. The van der Waals surface area contributed by atoms with Gasteiger partial charge in [0.25, 0.3) is 5.91 Å². The molecule has 198 valence electrons. The maximum atomic E-state index is 13.9. The van der Waals surface area contributed by atoms with E-state index in [2.05, 4.69) is 4.72 Å². The van der Waals surface area contributed by atoms with Crippen LogP contribution in [0.1, 0.15) is 67.3 Å². The zero-order chi connectivity index (χ0) is 26.1. The number of benzene rings is 2. The highest BCUT2D eigenvalue weighted by Gasteiger charge is 2.53. The Kier molecular flexibility index (Phi) is 5.74. The van der Waals surface area contributed by atoms with E-state index in [0.717, 1.165) is 56.0 Å². The lowest BCUT2D eigenvalue weighted by molar-refractivity contribution is 0.0980. The number of amides is 1. The summed E-state index contributed by atoms with van der Waals surface area (Å²) in [6.45, 7) is 1.53. The fraction of sp³-hybridized carbons (Fsp3) is 0.519. The summed E-state index contributed by atoms with van der Waals surface area (Å²) in [7, 11) is -7.07. The van der Waals surface area contributed by atoms with Crippen LogP contribution in [0.3, 0.4) is 0 Å². The fourth-order valence-electron chi connectivity index (χ4n) is 6.51. The van der Waals surface area contributed by atoms with Gasteiger partial charge in [-0.25, -0.2) is 16.8 Å². The van der Waals surface area contributed by atoms with Gasteiger partial charge in [0.15, 0.2) is 0 Å². The maximum absolute atomic E-state index is 13.9. The van der Waals surface area contributed by atoms with E-state index >= 15 is 0 Å². The van der Waals surface area contributed by atoms with Crippen LogP contribution in [0.25, 0.3) is 0 Å². The third-order valence-electron chi connectivity index (χ3n) is 8.88. The summed E-state index contributed by atoms with van der Waals surface area (Å²) < 4.78 is 54.1. The number of rotatable bonds is 5. The largest absolute Gasteiger partial charge is 0.307 e. The Balaban J connectivity index is 1.35. The molecule has 2 spiro atoms. The van der Waals surface area contributed by atoms with Crippen LogP contribution in [0.5, 0.6) is 0 Å². The second kappa shape index (κ2) is 8.54. The summed E-state index contributed by atoms with van der Waals surface area (Å²) in [4.78, 5) is 15.8. The van der Waals surface area contributed by atoms with Crippen molar-refractivity contribution < 1.29 is 21.6 Å². The van der Waals surface area contributed by atoms with Crippen molar-refractivity contribution in [1.82, 2.24) is 4.31 Å². The standard InChI is InChI=1S/C27H33N3O5S2/c1-36(32,33)28-21-7-8-24-23(18-21)27(13-11-26(9-10-26)12-14-27)19-30(24)25(31)20-5-4-6-22(17-20)37(34,35)29-15-2-3-16-29/h4-8,17-18,28H,2-3,9-16,19H2,1H3. The molecule has 0 atom stereocenters. The highest BCUT2D eigenvalue weighted by Crippen LogP contribution is 2.62. The van der Waals surface area contributed by atoms with E-state index in [1.165, 1.54) is 23.2 Å². The molecule has 2 aliphatic heterocycles. The molecular weight excluding hydrogens is 510 g/mol. The van der Waals surface area contributed by atoms with Gasteiger partial charge in [-0.2, -0.15) is 4.31 Å². The van der Waals surface area contributed by atoms with Crippen LogP contribution < -0.4 is 9.62 Å². The minimum atomic E-state index is -3.64. The lowest BCUT2D eigenvalue weighted by Gasteiger charge is -2.38. The quantitative estimate of drug-likeness (QED) is 0.612. The van der Waals surface area contributed by atoms with E-state index < -0.39 is 20.0 Å². The summed E-state index contributed by atoms with van der Waals surface area (Å²) in [5.74, 6) is -0.230. The molecule has 10 heteroatoms. The smallest absolute Gasteiger partial charge is 0.258 e. The predicted molar refractivity (Wildman–Crippen MR) is 143 cm³/mol. The summed E-state index contributed by atoms with van der Waals surface area (Å²) in [6, 6.07) is 11.8. The van der Waals surface area contributed by atoms with E-state index in [9.17, 15) is 21.6 Å². The third kappa shape index (κ3) is 4.46. The van der Waals surface area contributed by atoms with Gasteiger partial charge < -0.3 is 4.90 Å². The fourth-order valence-corrected chi connectivity index (χ4v) is 8.63. The number of sulfonamides is 2. The molecule has 0 aromatic heterocycles. The van der Waals surface area contributed by atoms with Crippen molar-refractivity contribution in [3.8, 4) is 0 Å². The molecular formula is C27H33N3O5S2. The minimum Gasteiger partial charge on any atom is -0.307 e. The van der Waals surface area contributed by atoms with E-state index in [1.54, 1.807) is 29.2 Å². The number of nitrogens with one attached hydrogen (secondary N) is 1. The zero-order valence-electron chi connectivity index (χ0n) is 21.1. The van der Waals surface area contributed by atoms with E-state index in [0.29, 0.717) is 36.3 Å². The molecule has 2 aromatic rings. The average Bonchev–Trinajstić information content (AvgIpc) is 3.27. The Hall–Kier alpha value is -2.43. The van der Waals surface area contributed by atoms with Crippen LogP contribution in [-0.4, -0.2) is 52.9 Å². The predicted octanol–water partition coefficient (Wildman–Crippen LogP) is 4.10. The first-order chi connectivity index (χ1) is 17.5. The zero-order valence-corrected chi connectivity index (χ0v) is 22.7. The molecule has 2 heterocycles. The van der Waals surface area contributed by atoms with Crippen LogP contribution in [0.2, 0.25) is 0 Å². The molecule has 1 N–H and O–H groups in total. The van der Waals surface area contributed by atoms with Gasteiger partial charge in [-0.1, -0.05) is 6.07 Å². The van der Waals surface area contributed by atoms with Gasteiger partial charge in [-0.05, 0) is 98.7 Å². The minimum absolute atomic E-state index is 0.149. The topological polar surface area (TPSA) is 104 Å². The molecule has 2 aromatic carbocycles. The Morgan fingerprint density at radius 3 is 2.22 bits per heavy atom. The lowest BCUT2D eigenvalue weighted by atomic mass is 9.66. The number of nitrogens with zero attached hydrogens (tertiary/aromatic N) is 2. The normalized spacial score (nSPS) is 22.4. The van der Waals surface area contributed by atoms with Crippen LogP contribution in [0.15, 0.2) is 47.4 Å².